The summed E-state index contributed by atoms with van der Waals surface area (Å²) in [6.45, 7) is -1.03. The van der Waals surface area contributed by atoms with Crippen LogP contribution < -0.4 is 57.3 Å². The summed E-state index contributed by atoms with van der Waals surface area (Å²) in [5.41, 5.74) is 21.1. The number of benzene rings is 14. The van der Waals surface area contributed by atoms with Gasteiger partial charge in [0.05, 0.1) is 16.9 Å². The van der Waals surface area contributed by atoms with E-state index in [2.05, 4.69) is 256 Å². The van der Waals surface area contributed by atoms with Crippen LogP contribution in [0.2, 0.25) is 0 Å². The van der Waals surface area contributed by atoms with E-state index in [4.69, 9.17) is 0 Å². The van der Waals surface area contributed by atoms with Gasteiger partial charge in [-0.1, -0.05) is 217 Å². The maximum atomic E-state index is 20.4. The first kappa shape index (κ1) is 57.9. The van der Waals surface area contributed by atoms with E-state index in [1.807, 2.05) is 77.7 Å². The number of para-hydroxylation sites is 6. The van der Waals surface area contributed by atoms with Gasteiger partial charge in [-0.15, -0.1) is 0 Å². The van der Waals surface area contributed by atoms with Gasteiger partial charge in [-0.2, -0.15) is 13.2 Å². The van der Waals surface area contributed by atoms with Gasteiger partial charge < -0.3 is 24.5 Å². The molecular weight excluding hydrogens is 1220 g/mol. The number of nitrogens with zero attached hydrogens (tertiary/aromatic N) is 5. The lowest BCUT2D eigenvalue weighted by atomic mass is 9.31. The van der Waals surface area contributed by atoms with Gasteiger partial charge in [-0.25, -0.2) is 4.39 Å². The Morgan fingerprint density at radius 3 is 1.27 bits per heavy atom. The van der Waals surface area contributed by atoms with Crippen molar-refractivity contribution in [2.24, 2.45) is 0 Å². The molecule has 97 heavy (non-hydrogen) atoms. The molecule has 0 bridgehead atoms. The van der Waals surface area contributed by atoms with Crippen molar-refractivity contribution in [2.45, 2.75) is 16.0 Å². The van der Waals surface area contributed by atoms with Crippen molar-refractivity contribution in [3.8, 4) is 22.3 Å². The minimum absolute atomic E-state index is 0.272. The van der Waals surface area contributed by atoms with Crippen molar-refractivity contribution in [3.05, 3.63) is 345 Å². The number of hydrogen-bond acceptors (Lipinski definition) is 6. The molecule has 0 spiro atoms. The molecule has 14 aromatic carbocycles. The SMILES string of the molecule is Fc1c2c(cc3c1N(c1ccc(C(F)(F)F)cc1)c1cc(N(c4ccccc4)c4ccccc4)cc4c1B3c1ccccc1N4c1ccccc1)B1c3ccccc3N(c3ccccc3)c3cc(N(c4ccc(-c5ccccc5)cc4)c4cccc(-c5ccccc5)c4)cc(c31)S2. The Morgan fingerprint density at radius 1 is 0.299 bits per heavy atom. The zero-order valence-electron chi connectivity index (χ0n) is 52.1. The lowest BCUT2D eigenvalue weighted by molar-refractivity contribution is -0.137. The second-order valence-electron chi connectivity index (χ2n) is 24.8. The first-order valence-electron chi connectivity index (χ1n) is 32.5. The average Bonchev–Trinajstić information content (AvgIpc) is 0.688. The van der Waals surface area contributed by atoms with Crippen molar-refractivity contribution in [3.63, 3.8) is 0 Å². The molecule has 0 aromatic heterocycles. The molecule has 4 aliphatic heterocycles. The predicted molar refractivity (Wildman–Crippen MR) is 396 cm³/mol. The second-order valence-corrected chi connectivity index (χ2v) is 25.9. The topological polar surface area (TPSA) is 16.2 Å². The summed E-state index contributed by atoms with van der Waals surface area (Å²) in [7, 11) is 0. The van der Waals surface area contributed by atoms with Crippen molar-refractivity contribution in [2.75, 3.05) is 24.5 Å². The van der Waals surface area contributed by atoms with Crippen LogP contribution in [0.25, 0.3) is 22.3 Å². The summed E-state index contributed by atoms with van der Waals surface area (Å²) in [5.74, 6) is -0.467. The molecular formula is C85H55B2F4N5S. The summed E-state index contributed by atoms with van der Waals surface area (Å²) < 4.78 is 65.0. The third-order valence-corrected chi connectivity index (χ3v) is 20.5. The number of halogens is 4. The highest BCUT2D eigenvalue weighted by molar-refractivity contribution is 8.00. The molecule has 0 aliphatic carbocycles. The number of alkyl halides is 3. The average molecular weight is 1280 g/mol. The Kier molecular flexibility index (Phi) is 13.9. The van der Waals surface area contributed by atoms with E-state index in [0.717, 1.165) is 135 Å². The number of fused-ring (bicyclic) bond motifs is 8. The summed E-state index contributed by atoms with van der Waals surface area (Å²) >= 11 is 1.42. The van der Waals surface area contributed by atoms with E-state index in [-0.39, 0.29) is 5.69 Å². The first-order valence-corrected chi connectivity index (χ1v) is 33.3. The smallest absolute Gasteiger partial charge is 0.311 e. The van der Waals surface area contributed by atoms with Crippen LogP contribution >= 0.6 is 11.8 Å². The minimum Gasteiger partial charge on any atom is -0.311 e. The molecule has 0 unspecified atom stereocenters. The van der Waals surface area contributed by atoms with Crippen LogP contribution in [0, 0.1) is 5.82 Å². The van der Waals surface area contributed by atoms with E-state index in [0.29, 0.717) is 21.7 Å². The molecule has 4 aliphatic rings. The standard InChI is InChI=1S/C85H55B2F4N5S/c88-82-83-72(86-70-38-19-21-40-74(70)94(63-33-15-5-16-34-63)76-51-68(92(61-29-11-3-12-30-61)62-31-13-4-14-32-62)52-77(80(76)86)96(83)66-48-44-60(45-49-66)85(89,90)91)55-73-84(82)97-79-54-69(53-78-81(79)87(73)71-39-20-22-41-75(71)95(78)64-35-17-6-18-36-64)93(65-46-42-58(43-47-65)56-24-7-1-8-25-56)67-37-23-28-59(50-67)57-26-9-2-10-27-57/h1-55H. The maximum Gasteiger partial charge on any atom is 0.416 e. The van der Waals surface area contributed by atoms with Gasteiger partial charge in [0.15, 0.2) is 5.82 Å². The first-order chi connectivity index (χ1) is 47.7. The lowest BCUT2D eigenvalue weighted by Gasteiger charge is -2.46. The van der Waals surface area contributed by atoms with Gasteiger partial charge in [0.1, 0.15) is 0 Å². The molecule has 0 saturated heterocycles. The van der Waals surface area contributed by atoms with Crippen LogP contribution in [-0.2, 0) is 6.18 Å². The monoisotopic (exact) mass is 1280 g/mol. The van der Waals surface area contributed by atoms with E-state index >= 15 is 4.39 Å². The fraction of sp³-hybridized carbons (Fsp3) is 0.0118. The van der Waals surface area contributed by atoms with Gasteiger partial charge in [0.2, 0.25) is 6.71 Å². The molecule has 0 saturated carbocycles. The predicted octanol–water partition coefficient (Wildman–Crippen LogP) is 20.0. The highest BCUT2D eigenvalue weighted by atomic mass is 32.2. The van der Waals surface area contributed by atoms with Crippen LogP contribution in [0.5, 0.6) is 0 Å². The molecule has 4 heterocycles. The van der Waals surface area contributed by atoms with Crippen LogP contribution in [-0.4, -0.2) is 13.4 Å². The summed E-state index contributed by atoms with van der Waals surface area (Å²) in [6, 6.07) is 112. The van der Waals surface area contributed by atoms with Gasteiger partial charge >= 0.3 is 6.18 Å². The summed E-state index contributed by atoms with van der Waals surface area (Å²) in [4.78, 5) is 12.4. The van der Waals surface area contributed by atoms with E-state index in [1.54, 1.807) is 0 Å². The Morgan fingerprint density at radius 2 is 0.711 bits per heavy atom. The van der Waals surface area contributed by atoms with Crippen molar-refractivity contribution in [1.29, 1.82) is 0 Å². The molecule has 0 radical (unpaired) electrons. The maximum absolute atomic E-state index is 20.4. The van der Waals surface area contributed by atoms with Crippen LogP contribution in [0.3, 0.4) is 0 Å². The quantitative estimate of drug-likeness (QED) is 0.0941. The molecule has 14 aromatic rings. The van der Waals surface area contributed by atoms with Crippen LogP contribution in [0.15, 0.2) is 343 Å². The van der Waals surface area contributed by atoms with Crippen molar-refractivity contribution < 1.29 is 17.6 Å². The minimum atomic E-state index is -4.63. The van der Waals surface area contributed by atoms with Crippen molar-refractivity contribution >= 4 is 143 Å². The molecule has 18 rings (SSSR count). The molecule has 0 amide bonds. The number of hydrogen-bond donors (Lipinski definition) is 0. The lowest BCUT2D eigenvalue weighted by Crippen LogP contribution is -2.65. The fourth-order valence-corrected chi connectivity index (χ4v) is 16.4. The zero-order valence-corrected chi connectivity index (χ0v) is 52.9. The highest BCUT2D eigenvalue weighted by Crippen LogP contribution is 2.53. The summed E-state index contributed by atoms with van der Waals surface area (Å²) in [5, 5.41) is 0. The van der Waals surface area contributed by atoms with Gasteiger partial charge in [0, 0.05) is 83.7 Å². The van der Waals surface area contributed by atoms with Gasteiger partial charge in [-0.3, -0.25) is 0 Å². The van der Waals surface area contributed by atoms with E-state index < -0.39 is 31.0 Å². The Bertz CT molecular complexity index is 5310. The third-order valence-electron chi connectivity index (χ3n) is 19.3. The molecule has 0 N–H and O–H groups in total. The number of anilines is 15. The molecule has 12 heteroatoms. The van der Waals surface area contributed by atoms with E-state index in [9.17, 15) is 13.2 Å². The van der Waals surface area contributed by atoms with Crippen LogP contribution in [0.1, 0.15) is 5.56 Å². The van der Waals surface area contributed by atoms with Gasteiger partial charge in [0.25, 0.3) is 6.71 Å². The third kappa shape index (κ3) is 9.72. The Balaban J connectivity index is 0.914. The molecule has 0 atom stereocenters. The second kappa shape index (κ2) is 23.3. The molecule has 5 nitrogen and oxygen atoms in total. The van der Waals surface area contributed by atoms with E-state index in [1.165, 1.54) is 23.9 Å². The fourth-order valence-electron chi connectivity index (χ4n) is 15.2. The van der Waals surface area contributed by atoms with Crippen molar-refractivity contribution in [1.82, 2.24) is 0 Å². The largest absolute Gasteiger partial charge is 0.416 e. The summed E-state index contributed by atoms with van der Waals surface area (Å²) in [6.07, 6.45) is -4.63. The molecule has 460 valence electrons. The molecule has 0 fully saturated rings. The Labute approximate surface area is 565 Å². The highest BCUT2D eigenvalue weighted by Gasteiger charge is 2.49. The zero-order chi connectivity index (χ0) is 64.9. The Hall–Kier alpha value is -11.7. The van der Waals surface area contributed by atoms with Crippen LogP contribution in [0.4, 0.5) is 103 Å². The normalized spacial score (nSPS) is 13.0. The number of rotatable bonds is 11. The van der Waals surface area contributed by atoms with Gasteiger partial charge in [-0.05, 0) is 183 Å².